The summed E-state index contributed by atoms with van der Waals surface area (Å²) in [6, 6.07) is 0. The van der Waals surface area contributed by atoms with Crippen LogP contribution in [0.3, 0.4) is 0 Å². The smallest absolute Gasteiger partial charge is 0.243 e. The highest BCUT2D eigenvalue weighted by molar-refractivity contribution is 5.89. The maximum absolute atomic E-state index is 12.9. The van der Waals surface area contributed by atoms with Crippen LogP contribution in [0.5, 0.6) is 0 Å². The number of hydrogen-bond donors (Lipinski definition) is 1. The third kappa shape index (κ3) is 3.58. The van der Waals surface area contributed by atoms with E-state index in [2.05, 4.69) is 11.8 Å². The van der Waals surface area contributed by atoms with E-state index in [1.54, 1.807) is 0 Å². The summed E-state index contributed by atoms with van der Waals surface area (Å²) in [5.41, 5.74) is 5.38. The SMILES string of the molecule is CCCN(CCN(C)C)C(=O)C1(N)CC(OCC)C1(C)C. The first-order valence-electron chi connectivity index (χ1n) is 8.05. The Bertz CT molecular complexity index is 357. The van der Waals surface area contributed by atoms with Gasteiger partial charge in [-0.15, -0.1) is 0 Å². The lowest BCUT2D eigenvalue weighted by Crippen LogP contribution is -2.76. The second kappa shape index (κ2) is 7.07. The summed E-state index contributed by atoms with van der Waals surface area (Å²) in [5.74, 6) is 0.0761. The molecular weight excluding hydrogens is 266 g/mol. The zero-order valence-electron chi connectivity index (χ0n) is 14.6. The van der Waals surface area contributed by atoms with Crippen molar-refractivity contribution in [3.05, 3.63) is 0 Å². The van der Waals surface area contributed by atoms with E-state index in [9.17, 15) is 4.79 Å². The first-order valence-corrected chi connectivity index (χ1v) is 8.05. The number of amides is 1. The Hall–Kier alpha value is -0.650. The van der Waals surface area contributed by atoms with Crippen molar-refractivity contribution in [1.29, 1.82) is 0 Å². The average Bonchev–Trinajstić information content (AvgIpc) is 2.42. The van der Waals surface area contributed by atoms with Crippen molar-refractivity contribution in [2.75, 3.05) is 40.3 Å². The Morgan fingerprint density at radius 1 is 1.24 bits per heavy atom. The van der Waals surface area contributed by atoms with Gasteiger partial charge in [-0.3, -0.25) is 4.79 Å². The van der Waals surface area contributed by atoms with Gasteiger partial charge in [-0.05, 0) is 27.4 Å². The standard InChI is InChI=1S/C16H33N3O2/c1-7-9-19(11-10-18(5)6)14(20)16(17)12-13(21-8-2)15(16,3)4/h13H,7-12,17H2,1-6H3. The molecule has 1 saturated carbocycles. The number of rotatable bonds is 8. The molecule has 1 amide bonds. The summed E-state index contributed by atoms with van der Waals surface area (Å²) in [7, 11) is 4.04. The van der Waals surface area contributed by atoms with Crippen molar-refractivity contribution in [2.45, 2.75) is 52.2 Å². The lowest BCUT2D eigenvalue weighted by atomic mass is 9.54. The van der Waals surface area contributed by atoms with Crippen LogP contribution in [0, 0.1) is 5.41 Å². The minimum atomic E-state index is -0.797. The topological polar surface area (TPSA) is 58.8 Å². The second-order valence-electron chi connectivity index (χ2n) is 6.94. The molecule has 1 fully saturated rings. The summed E-state index contributed by atoms with van der Waals surface area (Å²) < 4.78 is 5.72. The van der Waals surface area contributed by atoms with Crippen LogP contribution >= 0.6 is 0 Å². The van der Waals surface area contributed by atoms with Gasteiger partial charge in [-0.25, -0.2) is 0 Å². The van der Waals surface area contributed by atoms with Crippen LogP contribution in [-0.2, 0) is 9.53 Å². The van der Waals surface area contributed by atoms with E-state index in [4.69, 9.17) is 10.5 Å². The summed E-state index contributed by atoms with van der Waals surface area (Å²) in [5, 5.41) is 0. The fourth-order valence-corrected chi connectivity index (χ4v) is 2.99. The summed E-state index contributed by atoms with van der Waals surface area (Å²) in [4.78, 5) is 17.0. The zero-order chi connectivity index (χ0) is 16.3. The van der Waals surface area contributed by atoms with E-state index >= 15 is 0 Å². The highest BCUT2D eigenvalue weighted by Crippen LogP contribution is 2.50. The molecule has 1 aliphatic rings. The molecule has 0 aromatic carbocycles. The van der Waals surface area contributed by atoms with Crippen LogP contribution in [0.2, 0.25) is 0 Å². The number of carbonyl (C=O) groups is 1. The third-order valence-corrected chi connectivity index (χ3v) is 4.81. The molecule has 5 heteroatoms. The Kier molecular flexibility index (Phi) is 6.20. The highest BCUT2D eigenvalue weighted by Gasteiger charge is 2.63. The summed E-state index contributed by atoms with van der Waals surface area (Å²) >= 11 is 0. The molecule has 0 aromatic heterocycles. The minimum absolute atomic E-state index is 0.0761. The number of nitrogens with two attached hydrogens (primary N) is 1. The van der Waals surface area contributed by atoms with Crippen LogP contribution < -0.4 is 5.73 Å². The van der Waals surface area contributed by atoms with Crippen LogP contribution in [0.1, 0.15) is 40.5 Å². The van der Waals surface area contributed by atoms with Crippen molar-refractivity contribution >= 4 is 5.91 Å². The minimum Gasteiger partial charge on any atom is -0.378 e. The Labute approximate surface area is 129 Å². The van der Waals surface area contributed by atoms with Crippen LogP contribution in [-0.4, -0.2) is 67.7 Å². The first-order chi connectivity index (χ1) is 9.70. The Morgan fingerprint density at radius 2 is 1.86 bits per heavy atom. The molecule has 0 aromatic rings. The van der Waals surface area contributed by atoms with Crippen molar-refractivity contribution in [3.63, 3.8) is 0 Å². The zero-order valence-corrected chi connectivity index (χ0v) is 14.6. The van der Waals surface area contributed by atoms with E-state index in [-0.39, 0.29) is 17.4 Å². The lowest BCUT2D eigenvalue weighted by Gasteiger charge is -2.58. The van der Waals surface area contributed by atoms with Gasteiger partial charge < -0.3 is 20.3 Å². The molecule has 0 spiro atoms. The molecule has 1 aliphatic carbocycles. The van der Waals surface area contributed by atoms with E-state index in [1.165, 1.54) is 0 Å². The van der Waals surface area contributed by atoms with E-state index in [0.29, 0.717) is 13.0 Å². The van der Waals surface area contributed by atoms with E-state index in [1.807, 2.05) is 39.8 Å². The molecule has 0 aliphatic heterocycles. The number of likely N-dealkylation sites (N-methyl/N-ethyl adjacent to an activating group) is 1. The Morgan fingerprint density at radius 3 is 2.29 bits per heavy atom. The first kappa shape index (κ1) is 18.4. The maximum atomic E-state index is 12.9. The van der Waals surface area contributed by atoms with E-state index in [0.717, 1.165) is 26.1 Å². The number of nitrogens with zero attached hydrogens (tertiary/aromatic N) is 2. The second-order valence-corrected chi connectivity index (χ2v) is 6.94. The molecule has 2 atom stereocenters. The Balaban J connectivity index is 2.79. The van der Waals surface area contributed by atoms with Gasteiger partial charge in [0.2, 0.25) is 5.91 Å². The highest BCUT2D eigenvalue weighted by atomic mass is 16.5. The van der Waals surface area contributed by atoms with Gasteiger partial charge >= 0.3 is 0 Å². The van der Waals surface area contributed by atoms with Crippen molar-refractivity contribution in [3.8, 4) is 0 Å². The predicted octanol–water partition coefficient (Wildman–Crippen LogP) is 1.32. The molecular formula is C16H33N3O2. The van der Waals surface area contributed by atoms with Crippen molar-refractivity contribution < 1.29 is 9.53 Å². The van der Waals surface area contributed by atoms with Gasteiger partial charge in [0.05, 0.1) is 6.10 Å². The third-order valence-electron chi connectivity index (χ3n) is 4.81. The molecule has 0 saturated heterocycles. The molecule has 0 heterocycles. The van der Waals surface area contributed by atoms with Gasteiger partial charge in [0.15, 0.2) is 0 Å². The van der Waals surface area contributed by atoms with E-state index < -0.39 is 5.54 Å². The van der Waals surface area contributed by atoms with Gasteiger partial charge in [-0.2, -0.15) is 0 Å². The maximum Gasteiger partial charge on any atom is 0.243 e. The van der Waals surface area contributed by atoms with Crippen molar-refractivity contribution in [1.82, 2.24) is 9.80 Å². The molecule has 0 radical (unpaired) electrons. The monoisotopic (exact) mass is 299 g/mol. The van der Waals surface area contributed by atoms with Crippen LogP contribution in [0.15, 0.2) is 0 Å². The van der Waals surface area contributed by atoms with Crippen LogP contribution in [0.25, 0.3) is 0 Å². The fraction of sp³-hybridized carbons (Fsp3) is 0.938. The molecule has 2 unspecified atom stereocenters. The van der Waals surface area contributed by atoms with Gasteiger partial charge in [-0.1, -0.05) is 20.8 Å². The number of hydrogen-bond acceptors (Lipinski definition) is 4. The summed E-state index contributed by atoms with van der Waals surface area (Å²) in [6.07, 6.45) is 1.65. The quantitative estimate of drug-likeness (QED) is 0.734. The summed E-state index contributed by atoms with van der Waals surface area (Å²) in [6.45, 7) is 11.2. The van der Waals surface area contributed by atoms with Gasteiger partial charge in [0, 0.05) is 38.1 Å². The normalized spacial score (nSPS) is 27.5. The molecule has 2 N–H and O–H groups in total. The average molecular weight is 299 g/mol. The van der Waals surface area contributed by atoms with Gasteiger partial charge in [0.25, 0.3) is 0 Å². The largest absolute Gasteiger partial charge is 0.378 e. The molecule has 0 bridgehead atoms. The van der Waals surface area contributed by atoms with Crippen LogP contribution in [0.4, 0.5) is 0 Å². The number of carbonyl (C=O) groups excluding carboxylic acids is 1. The fourth-order valence-electron chi connectivity index (χ4n) is 2.99. The molecule has 5 nitrogen and oxygen atoms in total. The van der Waals surface area contributed by atoms with Gasteiger partial charge in [0.1, 0.15) is 5.54 Å². The molecule has 21 heavy (non-hydrogen) atoms. The molecule has 1 rings (SSSR count). The lowest BCUT2D eigenvalue weighted by molar-refractivity contribution is -0.179. The predicted molar refractivity (Wildman–Crippen MR) is 86.2 cm³/mol. The molecule has 124 valence electrons. The number of ether oxygens (including phenoxy) is 1. The van der Waals surface area contributed by atoms with Crippen molar-refractivity contribution in [2.24, 2.45) is 11.1 Å².